The Kier molecular flexibility index (Phi) is 5.93. The Bertz CT molecular complexity index is 773. The first-order chi connectivity index (χ1) is 12.5. The van der Waals surface area contributed by atoms with Gasteiger partial charge in [0.1, 0.15) is 11.8 Å². The number of benzene rings is 1. The number of aromatic nitrogens is 1. The molecule has 0 aliphatic carbocycles. The van der Waals surface area contributed by atoms with E-state index < -0.39 is 6.04 Å². The predicted octanol–water partition coefficient (Wildman–Crippen LogP) is 2.53. The van der Waals surface area contributed by atoms with Crippen molar-refractivity contribution in [1.82, 2.24) is 15.4 Å². The standard InChI is InChI=1S/C19H22ClN3O3/c1-13-11-16(26-22-13)12-18(24)23-10-2-3-17(23)19(25)21-9-8-14-4-6-15(20)7-5-14/h4-7,11,17H,2-3,8-10,12H2,1H3,(H,21,25). The van der Waals surface area contributed by atoms with Crippen LogP contribution in [0.5, 0.6) is 0 Å². The molecule has 1 atom stereocenters. The zero-order valence-electron chi connectivity index (χ0n) is 14.7. The van der Waals surface area contributed by atoms with Crippen molar-refractivity contribution in [2.45, 2.75) is 38.6 Å². The summed E-state index contributed by atoms with van der Waals surface area (Å²) >= 11 is 5.87. The van der Waals surface area contributed by atoms with Crippen LogP contribution < -0.4 is 5.32 Å². The monoisotopic (exact) mass is 375 g/mol. The first-order valence-electron chi connectivity index (χ1n) is 8.77. The summed E-state index contributed by atoms with van der Waals surface area (Å²) < 4.78 is 5.11. The quantitative estimate of drug-likeness (QED) is 0.841. The summed E-state index contributed by atoms with van der Waals surface area (Å²) in [5.74, 6) is 0.330. The van der Waals surface area contributed by atoms with E-state index >= 15 is 0 Å². The number of rotatable bonds is 6. The number of carbonyl (C=O) groups excluding carboxylic acids is 2. The smallest absolute Gasteiger partial charge is 0.242 e. The lowest BCUT2D eigenvalue weighted by atomic mass is 10.1. The van der Waals surface area contributed by atoms with Gasteiger partial charge in [0.05, 0.1) is 12.1 Å². The number of halogens is 1. The maximum Gasteiger partial charge on any atom is 0.242 e. The highest BCUT2D eigenvalue weighted by Gasteiger charge is 2.34. The molecule has 1 N–H and O–H groups in total. The van der Waals surface area contributed by atoms with E-state index in [0.717, 1.165) is 24.1 Å². The molecule has 0 radical (unpaired) electrons. The third kappa shape index (κ3) is 4.64. The highest BCUT2D eigenvalue weighted by Crippen LogP contribution is 2.19. The van der Waals surface area contributed by atoms with Gasteiger partial charge in [-0.15, -0.1) is 0 Å². The number of nitrogens with zero attached hydrogens (tertiary/aromatic N) is 2. The topological polar surface area (TPSA) is 75.4 Å². The van der Waals surface area contributed by atoms with Crippen LogP contribution in [0.1, 0.15) is 29.9 Å². The molecular weight excluding hydrogens is 354 g/mol. The summed E-state index contributed by atoms with van der Waals surface area (Å²) in [6.07, 6.45) is 2.38. The minimum absolute atomic E-state index is 0.0986. The van der Waals surface area contributed by atoms with Crippen molar-refractivity contribution in [3.63, 3.8) is 0 Å². The van der Waals surface area contributed by atoms with E-state index in [2.05, 4.69) is 10.5 Å². The molecule has 2 amide bonds. The molecule has 0 saturated carbocycles. The zero-order chi connectivity index (χ0) is 18.5. The summed E-state index contributed by atoms with van der Waals surface area (Å²) in [6.45, 7) is 2.94. The van der Waals surface area contributed by atoms with Crippen LogP contribution >= 0.6 is 11.6 Å². The number of aryl methyl sites for hydroxylation is 1. The van der Waals surface area contributed by atoms with Gasteiger partial charge in [-0.25, -0.2) is 0 Å². The summed E-state index contributed by atoms with van der Waals surface area (Å²) in [6, 6.07) is 8.90. The molecule has 1 aliphatic heterocycles. The van der Waals surface area contributed by atoms with Crippen molar-refractivity contribution >= 4 is 23.4 Å². The lowest BCUT2D eigenvalue weighted by molar-refractivity contribution is -0.138. The Morgan fingerprint density at radius 2 is 2.12 bits per heavy atom. The van der Waals surface area contributed by atoms with Crippen molar-refractivity contribution in [2.24, 2.45) is 0 Å². The van der Waals surface area contributed by atoms with Gasteiger partial charge >= 0.3 is 0 Å². The Labute approximate surface area is 157 Å². The molecule has 1 aromatic heterocycles. The SMILES string of the molecule is Cc1cc(CC(=O)N2CCCC2C(=O)NCCc2ccc(Cl)cc2)on1. The minimum Gasteiger partial charge on any atom is -0.361 e. The first kappa shape index (κ1) is 18.5. The van der Waals surface area contributed by atoms with Gasteiger partial charge in [0.25, 0.3) is 0 Å². The maximum atomic E-state index is 12.5. The maximum absolute atomic E-state index is 12.5. The molecule has 2 aromatic rings. The highest BCUT2D eigenvalue weighted by atomic mass is 35.5. The van der Waals surface area contributed by atoms with E-state index in [1.165, 1.54) is 0 Å². The van der Waals surface area contributed by atoms with E-state index in [0.29, 0.717) is 30.3 Å². The van der Waals surface area contributed by atoms with Gasteiger partial charge in [0.2, 0.25) is 11.8 Å². The van der Waals surface area contributed by atoms with Crippen LogP contribution in [0.3, 0.4) is 0 Å². The molecule has 1 unspecified atom stereocenters. The van der Waals surface area contributed by atoms with Gasteiger partial charge in [0.15, 0.2) is 0 Å². The Morgan fingerprint density at radius 3 is 2.81 bits per heavy atom. The van der Waals surface area contributed by atoms with Crippen LogP contribution in [-0.2, 0) is 22.4 Å². The number of hydrogen-bond acceptors (Lipinski definition) is 4. The second-order valence-corrected chi connectivity index (χ2v) is 6.96. The molecule has 0 bridgehead atoms. The Hall–Kier alpha value is -2.34. The summed E-state index contributed by atoms with van der Waals surface area (Å²) in [7, 11) is 0. The van der Waals surface area contributed by atoms with Gasteiger partial charge in [-0.1, -0.05) is 28.9 Å². The van der Waals surface area contributed by atoms with E-state index in [1.807, 2.05) is 31.2 Å². The number of nitrogens with one attached hydrogen (secondary N) is 1. The average Bonchev–Trinajstić information content (AvgIpc) is 3.25. The fourth-order valence-electron chi connectivity index (χ4n) is 3.19. The van der Waals surface area contributed by atoms with Gasteiger partial charge in [-0.2, -0.15) is 0 Å². The average molecular weight is 376 g/mol. The molecule has 1 saturated heterocycles. The molecule has 2 heterocycles. The molecule has 1 aliphatic rings. The molecule has 26 heavy (non-hydrogen) atoms. The van der Waals surface area contributed by atoms with E-state index in [-0.39, 0.29) is 18.2 Å². The summed E-state index contributed by atoms with van der Waals surface area (Å²) in [5, 5.41) is 7.43. The van der Waals surface area contributed by atoms with Crippen LogP contribution in [-0.4, -0.2) is 41.0 Å². The third-order valence-electron chi connectivity index (χ3n) is 4.50. The van der Waals surface area contributed by atoms with Crippen molar-refractivity contribution < 1.29 is 14.1 Å². The van der Waals surface area contributed by atoms with Crippen molar-refractivity contribution in [2.75, 3.05) is 13.1 Å². The van der Waals surface area contributed by atoms with Crippen molar-refractivity contribution in [3.05, 3.63) is 52.4 Å². The highest BCUT2D eigenvalue weighted by molar-refractivity contribution is 6.30. The molecule has 6 nitrogen and oxygen atoms in total. The van der Waals surface area contributed by atoms with Gasteiger partial charge in [0, 0.05) is 24.2 Å². The largest absolute Gasteiger partial charge is 0.361 e. The van der Waals surface area contributed by atoms with E-state index in [1.54, 1.807) is 11.0 Å². The molecule has 0 spiro atoms. The van der Waals surface area contributed by atoms with Gasteiger partial charge < -0.3 is 14.7 Å². The number of hydrogen-bond donors (Lipinski definition) is 1. The predicted molar refractivity (Wildman–Crippen MR) is 97.8 cm³/mol. The van der Waals surface area contributed by atoms with Crippen LogP contribution in [0.15, 0.2) is 34.9 Å². The third-order valence-corrected chi connectivity index (χ3v) is 4.76. The molecule has 1 fully saturated rings. The summed E-state index contributed by atoms with van der Waals surface area (Å²) in [4.78, 5) is 26.7. The lowest BCUT2D eigenvalue weighted by Crippen LogP contribution is -2.46. The number of amides is 2. The zero-order valence-corrected chi connectivity index (χ0v) is 15.5. The molecule has 7 heteroatoms. The Morgan fingerprint density at radius 1 is 1.35 bits per heavy atom. The van der Waals surface area contributed by atoms with Crippen LogP contribution in [0.25, 0.3) is 0 Å². The van der Waals surface area contributed by atoms with E-state index in [9.17, 15) is 9.59 Å². The Balaban J connectivity index is 1.50. The first-order valence-corrected chi connectivity index (χ1v) is 9.14. The van der Waals surface area contributed by atoms with Crippen LogP contribution in [0, 0.1) is 6.92 Å². The molecule has 138 valence electrons. The fraction of sp³-hybridized carbons (Fsp3) is 0.421. The number of carbonyl (C=O) groups is 2. The van der Waals surface area contributed by atoms with Crippen molar-refractivity contribution in [3.8, 4) is 0 Å². The fourth-order valence-corrected chi connectivity index (χ4v) is 3.31. The van der Waals surface area contributed by atoms with Crippen LogP contribution in [0.2, 0.25) is 5.02 Å². The summed E-state index contributed by atoms with van der Waals surface area (Å²) in [5.41, 5.74) is 1.85. The normalized spacial score (nSPS) is 16.7. The molecule has 1 aromatic carbocycles. The second-order valence-electron chi connectivity index (χ2n) is 6.52. The molecular formula is C19H22ClN3O3. The second kappa shape index (κ2) is 8.36. The minimum atomic E-state index is -0.406. The van der Waals surface area contributed by atoms with Gasteiger partial charge in [-0.3, -0.25) is 9.59 Å². The van der Waals surface area contributed by atoms with Gasteiger partial charge in [-0.05, 0) is 43.9 Å². The lowest BCUT2D eigenvalue weighted by Gasteiger charge is -2.23. The van der Waals surface area contributed by atoms with Crippen molar-refractivity contribution in [1.29, 1.82) is 0 Å². The number of likely N-dealkylation sites (tertiary alicyclic amines) is 1. The van der Waals surface area contributed by atoms with E-state index in [4.69, 9.17) is 16.1 Å². The molecule has 3 rings (SSSR count). The van der Waals surface area contributed by atoms with Crippen LogP contribution in [0.4, 0.5) is 0 Å².